The molecule has 104 valence electrons. The molecule has 2 aromatic heterocycles. The molecule has 0 spiro atoms. The van der Waals surface area contributed by atoms with E-state index in [4.69, 9.17) is 4.42 Å². The molecule has 0 aromatic carbocycles. The van der Waals surface area contributed by atoms with Gasteiger partial charge in [-0.05, 0) is 29.8 Å². The molecule has 19 heavy (non-hydrogen) atoms. The van der Waals surface area contributed by atoms with E-state index in [1.165, 1.54) is 22.1 Å². The number of sulfonamides is 1. The van der Waals surface area contributed by atoms with E-state index < -0.39 is 10.0 Å². The number of hydrogen-bond donors (Lipinski definition) is 0. The Bertz CT molecular complexity index is 698. The zero-order valence-electron chi connectivity index (χ0n) is 11.0. The number of anilines is 1. The Morgan fingerprint density at radius 2 is 2.05 bits per heavy atom. The highest BCUT2D eigenvalue weighted by atomic mass is 79.9. The molecule has 0 saturated carbocycles. The summed E-state index contributed by atoms with van der Waals surface area (Å²) in [5, 5.41) is 4.01. The minimum atomic E-state index is -3.67. The second-order valence-corrected chi connectivity index (χ2v) is 6.98. The van der Waals surface area contributed by atoms with E-state index >= 15 is 0 Å². The molecule has 0 amide bonds. The van der Waals surface area contributed by atoms with Crippen molar-refractivity contribution in [2.24, 2.45) is 7.05 Å². The first-order valence-electron chi connectivity index (χ1n) is 5.48. The molecule has 8 heteroatoms. The molecule has 0 unspecified atom stereocenters. The molecule has 0 aliphatic carbocycles. The third-order valence-electron chi connectivity index (χ3n) is 2.80. The van der Waals surface area contributed by atoms with Crippen LogP contribution in [0.4, 0.5) is 5.82 Å². The van der Waals surface area contributed by atoms with Crippen LogP contribution in [0.5, 0.6) is 0 Å². The average molecular weight is 348 g/mol. The van der Waals surface area contributed by atoms with Crippen molar-refractivity contribution in [3.63, 3.8) is 0 Å². The highest BCUT2D eigenvalue weighted by molar-refractivity contribution is 9.10. The smallest absolute Gasteiger partial charge is 0.268 e. The lowest BCUT2D eigenvalue weighted by atomic mass is 10.4. The van der Waals surface area contributed by atoms with Gasteiger partial charge in [-0.1, -0.05) is 0 Å². The van der Waals surface area contributed by atoms with E-state index in [9.17, 15) is 8.42 Å². The molecule has 0 aliphatic heterocycles. The van der Waals surface area contributed by atoms with Gasteiger partial charge in [0.05, 0.1) is 10.7 Å². The lowest BCUT2D eigenvalue weighted by Gasteiger charge is -2.19. The van der Waals surface area contributed by atoms with Crippen LogP contribution >= 0.6 is 15.9 Å². The van der Waals surface area contributed by atoms with Gasteiger partial charge in [-0.25, -0.2) is 8.42 Å². The Morgan fingerprint density at radius 1 is 1.42 bits per heavy atom. The van der Waals surface area contributed by atoms with Gasteiger partial charge < -0.3 is 4.42 Å². The van der Waals surface area contributed by atoms with Crippen LogP contribution < -0.4 is 4.31 Å². The summed E-state index contributed by atoms with van der Waals surface area (Å²) in [6, 6.07) is 1.52. The van der Waals surface area contributed by atoms with Crippen LogP contribution in [0, 0.1) is 13.8 Å². The molecular formula is C11H14BrN3O3S. The predicted octanol–water partition coefficient (Wildman–Crippen LogP) is 2.22. The lowest BCUT2D eigenvalue weighted by molar-refractivity contribution is 0.496. The number of halogens is 1. The van der Waals surface area contributed by atoms with Crippen molar-refractivity contribution in [1.82, 2.24) is 9.78 Å². The number of hydrogen-bond acceptors (Lipinski definition) is 4. The number of furan rings is 1. The summed E-state index contributed by atoms with van der Waals surface area (Å²) in [7, 11) is -0.503. The van der Waals surface area contributed by atoms with Gasteiger partial charge in [-0.3, -0.25) is 8.99 Å². The van der Waals surface area contributed by atoms with Crippen molar-refractivity contribution < 1.29 is 12.8 Å². The summed E-state index contributed by atoms with van der Waals surface area (Å²) in [4.78, 5) is 0.167. The Labute approximate surface area is 120 Å². The zero-order chi connectivity index (χ0) is 14.4. The topological polar surface area (TPSA) is 68.3 Å². The van der Waals surface area contributed by atoms with E-state index in [0.717, 1.165) is 0 Å². The molecule has 2 rings (SSSR count). The SMILES string of the molecule is Cc1cc(S(=O)(=O)N(C)c2c(Br)cnn2C)c(C)o1. The van der Waals surface area contributed by atoms with Crippen molar-refractivity contribution >= 4 is 31.8 Å². The first-order valence-corrected chi connectivity index (χ1v) is 7.72. The van der Waals surface area contributed by atoms with Gasteiger partial charge in [-0.15, -0.1) is 0 Å². The second-order valence-electron chi connectivity index (χ2n) is 4.19. The summed E-state index contributed by atoms with van der Waals surface area (Å²) >= 11 is 3.29. The van der Waals surface area contributed by atoms with Crippen LogP contribution in [0.2, 0.25) is 0 Å². The minimum absolute atomic E-state index is 0.167. The molecule has 0 radical (unpaired) electrons. The van der Waals surface area contributed by atoms with Crippen LogP contribution in [0.3, 0.4) is 0 Å². The highest BCUT2D eigenvalue weighted by Crippen LogP contribution is 2.30. The van der Waals surface area contributed by atoms with Gasteiger partial charge in [0, 0.05) is 20.2 Å². The zero-order valence-corrected chi connectivity index (χ0v) is 13.4. The van der Waals surface area contributed by atoms with Crippen molar-refractivity contribution in [2.75, 3.05) is 11.4 Å². The summed E-state index contributed by atoms with van der Waals surface area (Å²) in [6.45, 7) is 3.35. The maximum atomic E-state index is 12.6. The number of nitrogens with zero attached hydrogens (tertiary/aromatic N) is 3. The Balaban J connectivity index is 2.55. The lowest BCUT2D eigenvalue weighted by Crippen LogP contribution is -2.28. The third kappa shape index (κ3) is 2.30. The predicted molar refractivity (Wildman–Crippen MR) is 74.7 cm³/mol. The first kappa shape index (κ1) is 14.1. The van der Waals surface area contributed by atoms with E-state index in [1.54, 1.807) is 27.1 Å². The summed E-state index contributed by atoms with van der Waals surface area (Å²) < 4.78 is 33.7. The van der Waals surface area contributed by atoms with Crippen molar-refractivity contribution in [2.45, 2.75) is 18.7 Å². The largest absolute Gasteiger partial charge is 0.465 e. The fraction of sp³-hybridized carbons (Fsp3) is 0.364. The second kappa shape index (κ2) is 4.68. The van der Waals surface area contributed by atoms with Crippen LogP contribution in [-0.4, -0.2) is 25.2 Å². The van der Waals surface area contributed by atoms with Crippen LogP contribution in [0.1, 0.15) is 11.5 Å². The summed E-state index contributed by atoms with van der Waals surface area (Å²) in [5.74, 6) is 1.40. The monoisotopic (exact) mass is 347 g/mol. The molecule has 0 atom stereocenters. The van der Waals surface area contributed by atoms with Gasteiger partial charge in [0.2, 0.25) is 0 Å². The van der Waals surface area contributed by atoms with Gasteiger partial charge >= 0.3 is 0 Å². The number of aryl methyl sites for hydroxylation is 3. The number of rotatable bonds is 3. The summed E-state index contributed by atoms with van der Waals surface area (Å²) in [5.41, 5.74) is 0. The standard InChI is InChI=1S/C11H14BrN3O3S/c1-7-5-10(8(2)18-7)19(16,17)15(4)11-9(12)6-13-14(11)3/h5-6H,1-4H3. The normalized spacial score (nSPS) is 11.8. The quantitative estimate of drug-likeness (QED) is 0.853. The molecule has 0 aliphatic rings. The van der Waals surface area contributed by atoms with Gasteiger partial charge in [-0.2, -0.15) is 5.10 Å². The Morgan fingerprint density at radius 3 is 2.47 bits per heavy atom. The van der Waals surface area contributed by atoms with E-state index in [1.807, 2.05) is 0 Å². The first-order chi connectivity index (χ1) is 8.75. The van der Waals surface area contributed by atoms with Gasteiger partial charge in [0.25, 0.3) is 10.0 Å². The van der Waals surface area contributed by atoms with Crippen molar-refractivity contribution in [1.29, 1.82) is 0 Å². The molecule has 0 N–H and O–H groups in total. The molecule has 6 nitrogen and oxygen atoms in total. The Hall–Kier alpha value is -1.28. The van der Waals surface area contributed by atoms with E-state index in [-0.39, 0.29) is 4.90 Å². The number of aromatic nitrogens is 2. The third-order valence-corrected chi connectivity index (χ3v) is 5.21. The maximum absolute atomic E-state index is 12.6. The van der Waals surface area contributed by atoms with Crippen molar-refractivity contribution in [3.05, 3.63) is 28.3 Å². The van der Waals surface area contributed by atoms with E-state index in [2.05, 4.69) is 21.0 Å². The average Bonchev–Trinajstić information content (AvgIpc) is 2.81. The fourth-order valence-corrected chi connectivity index (χ4v) is 4.07. The van der Waals surface area contributed by atoms with Crippen LogP contribution in [-0.2, 0) is 17.1 Å². The summed E-state index contributed by atoms with van der Waals surface area (Å²) in [6.07, 6.45) is 1.55. The van der Waals surface area contributed by atoms with Crippen molar-refractivity contribution in [3.8, 4) is 0 Å². The molecule has 0 bridgehead atoms. The Kier molecular flexibility index (Phi) is 3.48. The van der Waals surface area contributed by atoms with Gasteiger partial charge in [0.15, 0.2) is 5.82 Å². The molecule has 0 fully saturated rings. The van der Waals surface area contributed by atoms with Crippen LogP contribution in [0.25, 0.3) is 0 Å². The molecular weight excluding hydrogens is 334 g/mol. The minimum Gasteiger partial charge on any atom is -0.465 e. The molecule has 0 saturated heterocycles. The molecule has 2 aromatic rings. The van der Waals surface area contributed by atoms with E-state index in [0.29, 0.717) is 21.8 Å². The maximum Gasteiger partial charge on any atom is 0.268 e. The highest BCUT2D eigenvalue weighted by Gasteiger charge is 2.28. The van der Waals surface area contributed by atoms with Crippen LogP contribution in [0.15, 0.2) is 26.0 Å². The molecule has 2 heterocycles. The van der Waals surface area contributed by atoms with Gasteiger partial charge in [0.1, 0.15) is 16.4 Å². The fourth-order valence-electron chi connectivity index (χ4n) is 1.88.